The topological polar surface area (TPSA) is 36.1 Å². The van der Waals surface area contributed by atoms with Crippen LogP contribution in [0.5, 0.6) is 0 Å². The summed E-state index contributed by atoms with van der Waals surface area (Å²) in [5.74, 6) is 0. The van der Waals surface area contributed by atoms with Gasteiger partial charge in [-0.15, -0.1) is 0 Å². The molecule has 0 N–H and O–H groups in total. The van der Waals surface area contributed by atoms with E-state index in [1.54, 1.807) is 0 Å². The fraction of sp³-hybridized carbons (Fsp3) is 0.171. The quantitative estimate of drug-likeness (QED) is 0.179. The summed E-state index contributed by atoms with van der Waals surface area (Å²) in [5.41, 5.74) is 12.9. The van der Waals surface area contributed by atoms with E-state index in [4.69, 9.17) is 8.83 Å². The van der Waals surface area contributed by atoms with E-state index in [-0.39, 0.29) is 0 Å². The van der Waals surface area contributed by atoms with Crippen molar-refractivity contribution in [1.82, 2.24) is 9.13 Å². The number of rotatable bonds is 4. The molecule has 0 aliphatic rings. The number of nitrogens with zero attached hydrogens (tertiary/aromatic N) is 2. The van der Waals surface area contributed by atoms with Gasteiger partial charge in [-0.1, -0.05) is 90.6 Å². The molecule has 4 nitrogen and oxygen atoms in total. The van der Waals surface area contributed by atoms with E-state index in [1.165, 1.54) is 21.5 Å². The molecule has 0 amide bonds. The van der Waals surface area contributed by atoms with Gasteiger partial charge in [0.15, 0.2) is 11.2 Å². The number of aromatic nitrogens is 2. The van der Waals surface area contributed by atoms with E-state index in [9.17, 15) is 0 Å². The third-order valence-electron chi connectivity index (χ3n) is 9.89. The molecule has 0 bridgehead atoms. The summed E-state index contributed by atoms with van der Waals surface area (Å²) < 4.78 is 18.5. The summed E-state index contributed by atoms with van der Waals surface area (Å²) in [7, 11) is -2.14. The van der Waals surface area contributed by atoms with Gasteiger partial charge in [-0.05, 0) is 74.5 Å². The molecule has 0 atom stereocenters. The van der Waals surface area contributed by atoms with Crippen LogP contribution in [-0.2, 0) is 0 Å². The average Bonchev–Trinajstić information content (AvgIpc) is 3.76. The molecule has 47 heavy (non-hydrogen) atoms. The lowest BCUT2D eigenvalue weighted by Gasteiger charge is -2.16. The van der Waals surface area contributed by atoms with Crippen LogP contribution in [0, 0.1) is 13.8 Å². The van der Waals surface area contributed by atoms with E-state index in [0.717, 1.165) is 77.3 Å². The summed E-state index contributed by atoms with van der Waals surface area (Å²) in [6.07, 6.45) is 0. The third-order valence-corrected chi connectivity index (χ3v) is 13.4. The highest BCUT2D eigenvalue weighted by Crippen LogP contribution is 2.44. The molecule has 4 heterocycles. The Hall–Kier alpha value is -4.79. The van der Waals surface area contributed by atoms with Gasteiger partial charge in [0.05, 0.1) is 27.9 Å². The van der Waals surface area contributed by atoms with Gasteiger partial charge < -0.3 is 18.0 Å². The maximum atomic E-state index is 6.87. The van der Waals surface area contributed by atoms with Crippen LogP contribution in [-0.4, -0.2) is 26.0 Å². The van der Waals surface area contributed by atoms with E-state index in [2.05, 4.69) is 153 Å². The van der Waals surface area contributed by atoms with Gasteiger partial charge in [-0.3, -0.25) is 0 Å². The minimum Gasteiger partial charge on any atom is -0.454 e. The van der Waals surface area contributed by atoms with Crippen molar-refractivity contribution in [2.45, 2.75) is 46.6 Å². The SMILES string of the molecule is Cc1ccc(-n2c3cc4c5oc6cc([Si](C)(C)C)ccc6c5n(-c5ccc(C)cc5)c4cc3c3oc4cc([Si](C)C)ccc4c32)cc1. The Morgan fingerprint density at radius 2 is 1.00 bits per heavy atom. The summed E-state index contributed by atoms with van der Waals surface area (Å²) >= 11 is 0. The Labute approximate surface area is 276 Å². The Balaban J connectivity index is 1.45. The van der Waals surface area contributed by atoms with Gasteiger partial charge in [0.2, 0.25) is 0 Å². The van der Waals surface area contributed by atoms with E-state index >= 15 is 0 Å². The first-order valence-electron chi connectivity index (χ1n) is 16.4. The van der Waals surface area contributed by atoms with Gasteiger partial charge in [-0.25, -0.2) is 0 Å². The van der Waals surface area contributed by atoms with Gasteiger partial charge in [-0.2, -0.15) is 0 Å². The molecular formula is C41H37N2O2Si2. The Morgan fingerprint density at radius 1 is 0.532 bits per heavy atom. The zero-order valence-electron chi connectivity index (χ0n) is 27.9. The molecule has 9 aromatic rings. The van der Waals surface area contributed by atoms with E-state index < -0.39 is 16.9 Å². The van der Waals surface area contributed by atoms with Gasteiger partial charge in [0.1, 0.15) is 22.2 Å². The van der Waals surface area contributed by atoms with Crippen LogP contribution in [0.25, 0.3) is 77.3 Å². The first-order valence-corrected chi connectivity index (χ1v) is 22.4. The van der Waals surface area contributed by atoms with E-state index in [1.807, 2.05) is 0 Å². The number of benzene rings is 5. The van der Waals surface area contributed by atoms with Crippen molar-refractivity contribution in [3.8, 4) is 11.4 Å². The molecule has 4 aromatic heterocycles. The minimum atomic E-state index is -1.52. The van der Waals surface area contributed by atoms with Crippen molar-refractivity contribution < 1.29 is 8.83 Å². The van der Waals surface area contributed by atoms with Crippen LogP contribution in [0.3, 0.4) is 0 Å². The number of fused-ring (bicyclic) bond motifs is 10. The Bertz CT molecular complexity index is 2690. The highest BCUT2D eigenvalue weighted by Gasteiger charge is 2.26. The van der Waals surface area contributed by atoms with Gasteiger partial charge in [0, 0.05) is 32.9 Å². The van der Waals surface area contributed by atoms with Crippen molar-refractivity contribution in [3.05, 3.63) is 108 Å². The molecule has 0 aliphatic heterocycles. The predicted octanol–water partition coefficient (Wildman–Crippen LogP) is 10.5. The number of hydrogen-bond acceptors (Lipinski definition) is 2. The fourth-order valence-electron chi connectivity index (χ4n) is 7.23. The lowest BCUT2D eigenvalue weighted by Crippen LogP contribution is -2.37. The van der Waals surface area contributed by atoms with Gasteiger partial charge in [0.25, 0.3) is 0 Å². The molecule has 0 unspecified atom stereocenters. The van der Waals surface area contributed by atoms with Crippen LogP contribution < -0.4 is 10.4 Å². The minimum absolute atomic E-state index is 0.614. The van der Waals surface area contributed by atoms with Crippen LogP contribution in [0.2, 0.25) is 32.7 Å². The highest BCUT2D eigenvalue weighted by atomic mass is 28.3. The number of furan rings is 2. The second-order valence-corrected chi connectivity index (χ2v) is 22.1. The second-order valence-electron chi connectivity index (χ2n) is 14.5. The number of hydrogen-bond donors (Lipinski definition) is 0. The molecule has 0 aliphatic carbocycles. The molecule has 1 radical (unpaired) electrons. The zero-order chi connectivity index (χ0) is 32.4. The van der Waals surface area contributed by atoms with Crippen molar-refractivity contribution in [1.29, 1.82) is 0 Å². The lowest BCUT2D eigenvalue weighted by molar-refractivity contribution is 0.672. The van der Waals surface area contributed by atoms with Crippen LogP contribution >= 0.6 is 0 Å². The lowest BCUT2D eigenvalue weighted by atomic mass is 10.1. The summed E-state index contributed by atoms with van der Waals surface area (Å²) in [5, 5.41) is 7.26. The highest BCUT2D eigenvalue weighted by molar-refractivity contribution is 6.88. The van der Waals surface area contributed by atoms with Crippen LogP contribution in [0.4, 0.5) is 0 Å². The standard InChI is InChI=1S/C41H37N2O2Si2/c1-24-8-12-26(13-9-24)42-34-23-33-35(22-32(34)40-38(42)30-18-16-28(46(3)4)20-36(30)44-40)43(27-14-10-25(2)11-15-27)39-31-19-17-29(47(5,6)7)21-37(31)45-41(33)39/h8-23H,1-7H3. The smallest absolute Gasteiger partial charge is 0.161 e. The van der Waals surface area contributed by atoms with E-state index in [0.29, 0.717) is 0 Å². The summed E-state index contributed by atoms with van der Waals surface area (Å²) in [4.78, 5) is 0. The van der Waals surface area contributed by atoms with Crippen molar-refractivity contribution >= 4 is 93.2 Å². The number of aryl methyl sites for hydroxylation is 2. The normalized spacial score (nSPS) is 12.8. The average molecular weight is 646 g/mol. The second kappa shape index (κ2) is 9.86. The molecule has 6 heteroatoms. The van der Waals surface area contributed by atoms with Crippen LogP contribution in [0.1, 0.15) is 11.1 Å². The third kappa shape index (κ3) is 4.17. The van der Waals surface area contributed by atoms with Crippen molar-refractivity contribution in [2.75, 3.05) is 0 Å². The Kier molecular flexibility index (Phi) is 5.97. The zero-order valence-corrected chi connectivity index (χ0v) is 29.9. The van der Waals surface area contributed by atoms with Gasteiger partial charge >= 0.3 is 0 Å². The molecule has 0 fully saturated rings. The molecule has 9 rings (SSSR count). The summed E-state index contributed by atoms with van der Waals surface area (Å²) in [6, 6.07) is 36.0. The maximum absolute atomic E-state index is 6.87. The molecule has 0 saturated carbocycles. The molecule has 5 aromatic carbocycles. The molecule has 0 saturated heterocycles. The van der Waals surface area contributed by atoms with Crippen LogP contribution in [0.15, 0.2) is 106 Å². The predicted molar refractivity (Wildman–Crippen MR) is 204 cm³/mol. The monoisotopic (exact) mass is 645 g/mol. The molecule has 0 spiro atoms. The van der Waals surface area contributed by atoms with Crippen molar-refractivity contribution in [2.24, 2.45) is 0 Å². The fourth-order valence-corrected chi connectivity index (χ4v) is 9.21. The largest absolute Gasteiger partial charge is 0.454 e. The van der Waals surface area contributed by atoms with Crippen molar-refractivity contribution in [3.63, 3.8) is 0 Å². The first-order chi connectivity index (χ1) is 22.6. The maximum Gasteiger partial charge on any atom is 0.161 e. The molecular weight excluding hydrogens is 609 g/mol. The first kappa shape index (κ1) is 28.4. The molecule has 231 valence electrons. The Morgan fingerprint density at radius 3 is 1.47 bits per heavy atom. The summed E-state index contributed by atoms with van der Waals surface area (Å²) in [6.45, 7) is 16.1.